The average Bonchev–Trinajstić information content (AvgIpc) is 2.62. The first-order chi connectivity index (χ1) is 11.3. The molecule has 132 valence electrons. The quantitative estimate of drug-likeness (QED) is 0.836. The van der Waals surface area contributed by atoms with Crippen LogP contribution in [0.3, 0.4) is 0 Å². The highest BCUT2D eigenvalue weighted by Crippen LogP contribution is 2.33. The zero-order valence-electron chi connectivity index (χ0n) is 14.4. The average molecular weight is 323 g/mol. The van der Waals surface area contributed by atoms with E-state index in [9.17, 15) is 4.79 Å². The molecule has 2 saturated carbocycles. The van der Waals surface area contributed by atoms with Gasteiger partial charge in [0.2, 0.25) is 0 Å². The van der Waals surface area contributed by atoms with Gasteiger partial charge in [0, 0.05) is 31.2 Å². The number of amides is 2. The van der Waals surface area contributed by atoms with Crippen molar-refractivity contribution >= 4 is 6.03 Å². The van der Waals surface area contributed by atoms with Crippen molar-refractivity contribution in [2.75, 3.05) is 32.8 Å². The maximum Gasteiger partial charge on any atom is 0.315 e. The summed E-state index contributed by atoms with van der Waals surface area (Å²) in [7, 11) is 0. The van der Waals surface area contributed by atoms with Crippen molar-refractivity contribution < 1.29 is 9.53 Å². The standard InChI is InChI=1S/C18H33N3O2/c22-17(20-16-7-3-1-4-8-16)19-15-18(9-5-2-6-10-18)21-11-13-23-14-12-21/h16H,1-15H2,(H2,19,20,22). The van der Waals surface area contributed by atoms with Crippen LogP contribution in [0.1, 0.15) is 64.2 Å². The molecule has 3 aliphatic rings. The summed E-state index contributed by atoms with van der Waals surface area (Å²) in [5.41, 5.74) is 0.159. The van der Waals surface area contributed by atoms with Gasteiger partial charge in [-0.05, 0) is 25.7 Å². The number of rotatable bonds is 4. The van der Waals surface area contributed by atoms with Crippen LogP contribution in [0.25, 0.3) is 0 Å². The SMILES string of the molecule is O=C(NCC1(N2CCOCC2)CCCCC1)NC1CCCCC1. The van der Waals surface area contributed by atoms with Crippen molar-refractivity contribution in [2.45, 2.75) is 75.8 Å². The van der Waals surface area contributed by atoms with E-state index < -0.39 is 0 Å². The fraction of sp³-hybridized carbons (Fsp3) is 0.944. The van der Waals surface area contributed by atoms with E-state index >= 15 is 0 Å². The van der Waals surface area contributed by atoms with Gasteiger partial charge in [-0.2, -0.15) is 0 Å². The lowest BCUT2D eigenvalue weighted by Crippen LogP contribution is -2.60. The number of nitrogens with zero attached hydrogens (tertiary/aromatic N) is 1. The number of hydrogen-bond donors (Lipinski definition) is 2. The van der Waals surface area contributed by atoms with Crippen LogP contribution >= 0.6 is 0 Å². The van der Waals surface area contributed by atoms with Gasteiger partial charge < -0.3 is 15.4 Å². The van der Waals surface area contributed by atoms with E-state index in [2.05, 4.69) is 15.5 Å². The molecule has 3 fully saturated rings. The summed E-state index contributed by atoms with van der Waals surface area (Å²) < 4.78 is 5.52. The molecule has 2 aliphatic carbocycles. The van der Waals surface area contributed by atoms with Crippen molar-refractivity contribution in [1.29, 1.82) is 0 Å². The third-order valence-corrected chi connectivity index (χ3v) is 5.98. The molecule has 2 amide bonds. The zero-order chi connectivity index (χ0) is 16.0. The molecule has 2 N–H and O–H groups in total. The monoisotopic (exact) mass is 323 g/mol. The first-order valence-corrected chi connectivity index (χ1v) is 9.66. The topological polar surface area (TPSA) is 53.6 Å². The maximum atomic E-state index is 12.3. The lowest BCUT2D eigenvalue weighted by molar-refractivity contribution is -0.0357. The summed E-state index contributed by atoms with van der Waals surface area (Å²) in [6.07, 6.45) is 12.4. The van der Waals surface area contributed by atoms with Crippen LogP contribution in [-0.4, -0.2) is 55.4 Å². The van der Waals surface area contributed by atoms with Crippen molar-refractivity contribution in [1.82, 2.24) is 15.5 Å². The third kappa shape index (κ3) is 4.60. The highest BCUT2D eigenvalue weighted by atomic mass is 16.5. The molecule has 0 atom stereocenters. The molecule has 0 aromatic carbocycles. The van der Waals surface area contributed by atoms with Gasteiger partial charge in [0.1, 0.15) is 0 Å². The molecular formula is C18H33N3O2. The van der Waals surface area contributed by atoms with Crippen LogP contribution in [-0.2, 0) is 4.74 Å². The number of carbonyl (C=O) groups is 1. The molecule has 0 aromatic rings. The van der Waals surface area contributed by atoms with Gasteiger partial charge in [-0.3, -0.25) is 4.90 Å². The first-order valence-electron chi connectivity index (χ1n) is 9.66. The Hall–Kier alpha value is -0.810. The largest absolute Gasteiger partial charge is 0.379 e. The normalized spacial score (nSPS) is 26.6. The minimum Gasteiger partial charge on any atom is -0.379 e. The van der Waals surface area contributed by atoms with Gasteiger partial charge in [-0.15, -0.1) is 0 Å². The number of morpholine rings is 1. The van der Waals surface area contributed by atoms with Crippen molar-refractivity contribution in [3.8, 4) is 0 Å². The number of nitrogens with one attached hydrogen (secondary N) is 2. The van der Waals surface area contributed by atoms with Crippen LogP contribution in [0, 0.1) is 0 Å². The Bertz CT molecular complexity index is 370. The number of carbonyl (C=O) groups excluding carboxylic acids is 1. The Morgan fingerprint density at radius 1 is 1.00 bits per heavy atom. The molecule has 0 unspecified atom stereocenters. The summed E-state index contributed by atoms with van der Waals surface area (Å²) in [5.74, 6) is 0. The molecule has 0 bridgehead atoms. The minimum absolute atomic E-state index is 0.0371. The second-order valence-corrected chi connectivity index (χ2v) is 7.55. The fourth-order valence-electron chi connectivity index (χ4n) is 4.58. The van der Waals surface area contributed by atoms with Crippen LogP contribution in [0.4, 0.5) is 4.79 Å². The van der Waals surface area contributed by atoms with Crippen molar-refractivity contribution in [3.05, 3.63) is 0 Å². The van der Waals surface area contributed by atoms with Gasteiger partial charge in [0.05, 0.1) is 13.2 Å². The molecule has 1 heterocycles. The lowest BCUT2D eigenvalue weighted by atomic mass is 9.80. The van der Waals surface area contributed by atoms with Crippen LogP contribution < -0.4 is 10.6 Å². The van der Waals surface area contributed by atoms with E-state index in [1.54, 1.807) is 0 Å². The molecular weight excluding hydrogens is 290 g/mol. The highest BCUT2D eigenvalue weighted by Gasteiger charge is 2.38. The highest BCUT2D eigenvalue weighted by molar-refractivity contribution is 5.74. The Balaban J connectivity index is 1.52. The molecule has 5 nitrogen and oxygen atoms in total. The number of hydrogen-bond acceptors (Lipinski definition) is 3. The second kappa shape index (κ2) is 8.34. The van der Waals surface area contributed by atoms with E-state index in [1.807, 2.05) is 0 Å². The van der Waals surface area contributed by atoms with E-state index in [0.717, 1.165) is 45.7 Å². The first kappa shape index (κ1) is 17.0. The van der Waals surface area contributed by atoms with Gasteiger partial charge in [-0.25, -0.2) is 4.79 Å². The minimum atomic E-state index is 0.0371. The smallest absolute Gasteiger partial charge is 0.315 e. The Morgan fingerprint density at radius 2 is 1.65 bits per heavy atom. The number of urea groups is 1. The van der Waals surface area contributed by atoms with Gasteiger partial charge in [0.15, 0.2) is 0 Å². The summed E-state index contributed by atoms with van der Waals surface area (Å²) in [5, 5.41) is 6.39. The summed E-state index contributed by atoms with van der Waals surface area (Å²) in [4.78, 5) is 14.9. The summed E-state index contributed by atoms with van der Waals surface area (Å²) in [6.45, 7) is 4.45. The van der Waals surface area contributed by atoms with Gasteiger partial charge >= 0.3 is 6.03 Å². The van der Waals surface area contributed by atoms with Gasteiger partial charge in [-0.1, -0.05) is 38.5 Å². The predicted molar refractivity (Wildman–Crippen MR) is 91.6 cm³/mol. The lowest BCUT2D eigenvalue weighted by Gasteiger charge is -2.48. The molecule has 1 aliphatic heterocycles. The van der Waals surface area contributed by atoms with Crippen LogP contribution in [0.5, 0.6) is 0 Å². The molecule has 0 spiro atoms. The number of ether oxygens (including phenoxy) is 1. The molecule has 23 heavy (non-hydrogen) atoms. The summed E-state index contributed by atoms with van der Waals surface area (Å²) in [6, 6.07) is 0.421. The maximum absolute atomic E-state index is 12.3. The molecule has 0 radical (unpaired) electrons. The van der Waals surface area contributed by atoms with E-state index in [0.29, 0.717) is 6.04 Å². The van der Waals surface area contributed by atoms with Crippen molar-refractivity contribution in [2.24, 2.45) is 0 Å². The Kier molecular flexibility index (Phi) is 6.17. The fourth-order valence-corrected chi connectivity index (χ4v) is 4.58. The molecule has 1 saturated heterocycles. The third-order valence-electron chi connectivity index (χ3n) is 5.98. The van der Waals surface area contributed by atoms with Crippen LogP contribution in [0.15, 0.2) is 0 Å². The van der Waals surface area contributed by atoms with Crippen molar-refractivity contribution in [3.63, 3.8) is 0 Å². The Morgan fingerprint density at radius 3 is 2.35 bits per heavy atom. The van der Waals surface area contributed by atoms with Crippen LogP contribution in [0.2, 0.25) is 0 Å². The van der Waals surface area contributed by atoms with E-state index in [1.165, 1.54) is 51.4 Å². The van der Waals surface area contributed by atoms with E-state index in [4.69, 9.17) is 4.74 Å². The Labute approximate surface area is 140 Å². The molecule has 3 rings (SSSR count). The predicted octanol–water partition coefficient (Wildman–Crippen LogP) is 2.65. The summed E-state index contributed by atoms with van der Waals surface area (Å²) >= 11 is 0. The molecule has 5 heteroatoms. The van der Waals surface area contributed by atoms with Gasteiger partial charge in [0.25, 0.3) is 0 Å². The van der Waals surface area contributed by atoms with E-state index in [-0.39, 0.29) is 11.6 Å². The zero-order valence-corrected chi connectivity index (χ0v) is 14.4. The molecule has 0 aromatic heterocycles. The second-order valence-electron chi connectivity index (χ2n) is 7.55.